The summed E-state index contributed by atoms with van der Waals surface area (Å²) in [5.74, 6) is 0.168. The lowest BCUT2D eigenvalue weighted by atomic mass is 10.1. The van der Waals surface area contributed by atoms with Crippen LogP contribution >= 0.6 is 11.8 Å². The van der Waals surface area contributed by atoms with Crippen molar-refractivity contribution >= 4 is 28.6 Å². The molecule has 0 aliphatic heterocycles. The molecule has 4 aromatic rings. The lowest BCUT2D eigenvalue weighted by Crippen LogP contribution is -1.96. The van der Waals surface area contributed by atoms with Gasteiger partial charge in [-0.25, -0.2) is 19.3 Å². The van der Waals surface area contributed by atoms with Gasteiger partial charge in [0.25, 0.3) is 0 Å². The molecule has 0 aliphatic rings. The molecular weight excluding hydrogens is 327 g/mol. The molecule has 24 heavy (non-hydrogen) atoms. The highest BCUT2D eigenvalue weighted by Crippen LogP contribution is 2.35. The van der Waals surface area contributed by atoms with Crippen LogP contribution in [-0.4, -0.2) is 24.5 Å². The number of H-pyrrole nitrogens is 1. The van der Waals surface area contributed by atoms with Crippen molar-refractivity contribution in [2.24, 2.45) is 7.05 Å². The molecule has 0 saturated heterocycles. The third kappa shape index (κ3) is 2.50. The fourth-order valence-corrected chi connectivity index (χ4v) is 3.22. The van der Waals surface area contributed by atoms with Gasteiger partial charge in [-0.15, -0.1) is 0 Å². The van der Waals surface area contributed by atoms with Crippen LogP contribution in [0, 0.1) is 5.82 Å². The molecular formula is C16H13FN6S. The maximum absolute atomic E-state index is 14.3. The number of benzene rings is 1. The number of nitrogens with two attached hydrogens (primary N) is 1. The number of aromatic nitrogens is 5. The summed E-state index contributed by atoms with van der Waals surface area (Å²) < 4.78 is 16.1. The van der Waals surface area contributed by atoms with Gasteiger partial charge in [0.15, 0.2) is 10.8 Å². The topological polar surface area (TPSA) is 85.4 Å². The molecule has 0 bridgehead atoms. The number of halogens is 1. The second-order valence-corrected chi connectivity index (χ2v) is 6.26. The van der Waals surface area contributed by atoms with Crippen molar-refractivity contribution in [3.8, 4) is 11.4 Å². The number of hydrogen-bond acceptors (Lipinski definition) is 5. The van der Waals surface area contributed by atoms with Gasteiger partial charge < -0.3 is 15.3 Å². The van der Waals surface area contributed by atoms with Crippen molar-refractivity contribution < 1.29 is 4.39 Å². The van der Waals surface area contributed by atoms with Gasteiger partial charge in [-0.05, 0) is 36.0 Å². The average molecular weight is 340 g/mol. The van der Waals surface area contributed by atoms with Gasteiger partial charge in [-0.2, -0.15) is 0 Å². The predicted octanol–water partition coefficient (Wildman–Crippen LogP) is 3.23. The number of nitrogens with one attached hydrogen (secondary N) is 1. The van der Waals surface area contributed by atoms with E-state index in [-0.39, 0.29) is 0 Å². The average Bonchev–Trinajstić information content (AvgIpc) is 3.16. The monoisotopic (exact) mass is 340 g/mol. The predicted molar refractivity (Wildman–Crippen MR) is 91.0 cm³/mol. The van der Waals surface area contributed by atoms with Crippen molar-refractivity contribution in [3.05, 3.63) is 48.7 Å². The summed E-state index contributed by atoms with van der Waals surface area (Å²) >= 11 is 1.24. The third-order valence-corrected chi connectivity index (χ3v) is 4.70. The molecule has 0 unspecified atom stereocenters. The molecule has 8 heteroatoms. The minimum absolute atomic E-state index is 0.316. The number of rotatable bonds is 3. The highest BCUT2D eigenvalue weighted by atomic mass is 32.2. The van der Waals surface area contributed by atoms with Gasteiger partial charge in [-0.1, -0.05) is 0 Å². The maximum Gasteiger partial charge on any atom is 0.178 e. The van der Waals surface area contributed by atoms with E-state index in [1.54, 1.807) is 18.5 Å². The van der Waals surface area contributed by atoms with E-state index in [0.29, 0.717) is 32.8 Å². The van der Waals surface area contributed by atoms with Crippen LogP contribution in [0.1, 0.15) is 0 Å². The number of nitrogens with zero attached hydrogens (tertiary/aromatic N) is 4. The van der Waals surface area contributed by atoms with Crippen LogP contribution in [0.4, 0.5) is 10.1 Å². The van der Waals surface area contributed by atoms with Crippen LogP contribution in [0.15, 0.2) is 52.9 Å². The first-order valence-corrected chi connectivity index (χ1v) is 7.99. The third-order valence-electron chi connectivity index (χ3n) is 3.59. The lowest BCUT2D eigenvalue weighted by Gasteiger charge is -2.08. The SMILES string of the molecule is Cn1ccnc1Sc1cc(-c2nc3ncccc3[nH]2)c(N)cc1F. The number of aromatic amines is 1. The van der Waals surface area contributed by atoms with Gasteiger partial charge in [0.05, 0.1) is 10.4 Å². The summed E-state index contributed by atoms with van der Waals surface area (Å²) in [5.41, 5.74) is 8.34. The fourth-order valence-electron chi connectivity index (χ4n) is 2.37. The van der Waals surface area contributed by atoms with Gasteiger partial charge in [0.1, 0.15) is 11.6 Å². The Labute approximate surface area is 141 Å². The number of pyridine rings is 1. The van der Waals surface area contributed by atoms with Crippen LogP contribution in [0.25, 0.3) is 22.6 Å². The Morgan fingerprint density at radius 2 is 2.12 bits per heavy atom. The Balaban J connectivity index is 1.80. The van der Waals surface area contributed by atoms with E-state index in [1.165, 1.54) is 17.8 Å². The zero-order valence-corrected chi connectivity index (χ0v) is 13.5. The second kappa shape index (κ2) is 5.64. The molecule has 3 aromatic heterocycles. The minimum Gasteiger partial charge on any atom is -0.398 e. The summed E-state index contributed by atoms with van der Waals surface area (Å²) in [7, 11) is 1.86. The Morgan fingerprint density at radius 1 is 1.25 bits per heavy atom. The zero-order chi connectivity index (χ0) is 16.7. The van der Waals surface area contributed by atoms with Crippen molar-refractivity contribution in [1.82, 2.24) is 24.5 Å². The lowest BCUT2D eigenvalue weighted by molar-refractivity contribution is 0.602. The molecule has 6 nitrogen and oxygen atoms in total. The molecule has 0 amide bonds. The Bertz CT molecular complexity index is 1010. The maximum atomic E-state index is 14.3. The standard InChI is InChI=1S/C16H13FN6S/c1-23-6-5-20-16(23)24-13-7-9(11(18)8-10(13)17)14-21-12-3-2-4-19-15(12)22-14/h2-8H,18H2,1H3,(H,19,21,22). The van der Waals surface area contributed by atoms with Gasteiger partial charge in [-0.3, -0.25) is 0 Å². The van der Waals surface area contributed by atoms with E-state index in [9.17, 15) is 4.39 Å². The van der Waals surface area contributed by atoms with Crippen molar-refractivity contribution in [1.29, 1.82) is 0 Å². The Hall–Kier alpha value is -2.87. The van der Waals surface area contributed by atoms with E-state index >= 15 is 0 Å². The first-order valence-electron chi connectivity index (χ1n) is 7.17. The zero-order valence-electron chi connectivity index (χ0n) is 12.7. The van der Waals surface area contributed by atoms with E-state index in [2.05, 4.69) is 19.9 Å². The number of nitrogen functional groups attached to an aromatic ring is 1. The van der Waals surface area contributed by atoms with Crippen molar-refractivity contribution in [2.75, 3.05) is 5.73 Å². The largest absolute Gasteiger partial charge is 0.398 e. The van der Waals surface area contributed by atoms with Crippen molar-refractivity contribution in [3.63, 3.8) is 0 Å². The smallest absolute Gasteiger partial charge is 0.178 e. The second-order valence-electron chi connectivity index (χ2n) is 5.25. The summed E-state index contributed by atoms with van der Waals surface area (Å²) in [6, 6.07) is 6.69. The van der Waals surface area contributed by atoms with E-state index in [4.69, 9.17) is 5.73 Å². The van der Waals surface area contributed by atoms with Crippen molar-refractivity contribution in [2.45, 2.75) is 10.1 Å². The first kappa shape index (κ1) is 14.7. The molecule has 3 heterocycles. The van der Waals surface area contributed by atoms with Gasteiger partial charge >= 0.3 is 0 Å². The molecule has 0 fully saturated rings. The van der Waals surface area contributed by atoms with E-state index < -0.39 is 5.82 Å². The van der Waals surface area contributed by atoms with Crippen LogP contribution in [0.5, 0.6) is 0 Å². The number of hydrogen-bond donors (Lipinski definition) is 2. The van der Waals surface area contributed by atoms with Crippen LogP contribution < -0.4 is 5.73 Å². The number of aryl methyl sites for hydroxylation is 1. The normalized spacial score (nSPS) is 11.2. The Morgan fingerprint density at radius 3 is 2.88 bits per heavy atom. The van der Waals surface area contributed by atoms with Gasteiger partial charge in [0.2, 0.25) is 0 Å². The molecule has 0 spiro atoms. The summed E-state index contributed by atoms with van der Waals surface area (Å²) in [4.78, 5) is 16.4. The van der Waals surface area contributed by atoms with Crippen LogP contribution in [0.3, 0.4) is 0 Å². The van der Waals surface area contributed by atoms with E-state index in [0.717, 1.165) is 5.52 Å². The summed E-state index contributed by atoms with van der Waals surface area (Å²) in [6.45, 7) is 0. The quantitative estimate of drug-likeness (QED) is 0.559. The highest BCUT2D eigenvalue weighted by Gasteiger charge is 2.15. The highest BCUT2D eigenvalue weighted by molar-refractivity contribution is 7.99. The number of fused-ring (bicyclic) bond motifs is 1. The fraction of sp³-hybridized carbons (Fsp3) is 0.0625. The molecule has 120 valence electrons. The molecule has 0 atom stereocenters. The van der Waals surface area contributed by atoms with Crippen LogP contribution in [0.2, 0.25) is 0 Å². The molecule has 4 rings (SSSR count). The molecule has 1 aromatic carbocycles. The van der Waals surface area contributed by atoms with Gasteiger partial charge in [0, 0.05) is 36.9 Å². The number of anilines is 1. The number of imidazole rings is 2. The molecule has 0 radical (unpaired) electrons. The Kier molecular flexibility index (Phi) is 3.46. The van der Waals surface area contributed by atoms with Crippen LogP contribution in [-0.2, 0) is 7.05 Å². The molecule has 0 saturated carbocycles. The first-order chi connectivity index (χ1) is 11.6. The molecule has 0 aliphatic carbocycles. The minimum atomic E-state index is -0.390. The summed E-state index contributed by atoms with van der Waals surface area (Å²) in [6.07, 6.45) is 5.15. The summed E-state index contributed by atoms with van der Waals surface area (Å²) in [5, 5.41) is 0.691. The molecule has 3 N–H and O–H groups in total. The van der Waals surface area contributed by atoms with E-state index in [1.807, 2.05) is 29.9 Å².